The van der Waals surface area contributed by atoms with Crippen LogP contribution in [-0.4, -0.2) is 78.8 Å². The number of nitrogens with one attached hydrogen (secondary N) is 1. The predicted molar refractivity (Wildman–Crippen MR) is 146 cm³/mol. The topological polar surface area (TPSA) is 104 Å². The van der Waals surface area contributed by atoms with Gasteiger partial charge in [0.2, 0.25) is 0 Å². The minimum atomic E-state index is -3.12. The van der Waals surface area contributed by atoms with Gasteiger partial charge in [0.1, 0.15) is 28.5 Å². The van der Waals surface area contributed by atoms with Crippen molar-refractivity contribution in [3.05, 3.63) is 42.2 Å². The number of esters is 1. The number of methoxy groups -OCH3 is 1. The van der Waals surface area contributed by atoms with Crippen LogP contribution in [0.4, 0.5) is 8.78 Å². The number of amides is 1. The molecule has 5 rings (SSSR count). The molecule has 1 aliphatic heterocycles. The quantitative estimate of drug-likeness (QED) is 0.241. The fourth-order valence-corrected chi connectivity index (χ4v) is 5.07. The van der Waals surface area contributed by atoms with Crippen LogP contribution in [0, 0.1) is 5.41 Å². The summed E-state index contributed by atoms with van der Waals surface area (Å²) in [5.74, 6) is -0.177. The summed E-state index contributed by atoms with van der Waals surface area (Å²) in [6, 6.07) is 6.62. The maximum absolute atomic E-state index is 13.3. The largest absolute Gasteiger partial charge is 0.496 e. The Kier molecular flexibility index (Phi) is 8.30. The van der Waals surface area contributed by atoms with Gasteiger partial charge in [-0.3, -0.25) is 14.0 Å². The lowest BCUT2D eigenvalue weighted by atomic mass is 9.82. The number of pyridine rings is 1. The molecule has 1 saturated carbocycles. The van der Waals surface area contributed by atoms with Gasteiger partial charge in [0.25, 0.3) is 5.91 Å². The normalized spacial score (nSPS) is 16.3. The number of fused-ring (bicyclic) bond motifs is 1. The van der Waals surface area contributed by atoms with Crippen molar-refractivity contribution >= 4 is 17.5 Å². The summed E-state index contributed by atoms with van der Waals surface area (Å²) in [5.41, 5.74) is 1.18. The lowest BCUT2D eigenvalue weighted by Gasteiger charge is -2.45. The molecular weight excluding hydrogens is 538 g/mol. The number of carbonyl (C=O) groups is 2. The van der Waals surface area contributed by atoms with E-state index in [-0.39, 0.29) is 29.1 Å². The van der Waals surface area contributed by atoms with E-state index in [9.17, 15) is 18.4 Å². The van der Waals surface area contributed by atoms with E-state index in [1.165, 1.54) is 13.2 Å². The summed E-state index contributed by atoms with van der Waals surface area (Å²) < 4.78 is 49.6. The first-order chi connectivity index (χ1) is 19.7. The average Bonchev–Trinajstić information content (AvgIpc) is 3.63. The Hall–Kier alpha value is -3.93. The average molecular weight is 573 g/mol. The van der Waals surface area contributed by atoms with E-state index in [1.807, 2.05) is 13.8 Å². The van der Waals surface area contributed by atoms with Gasteiger partial charge in [-0.2, -0.15) is 8.78 Å². The van der Waals surface area contributed by atoms with Crippen molar-refractivity contribution < 1.29 is 37.3 Å². The number of likely N-dealkylation sites (tertiary alicyclic amines) is 1. The molecule has 3 heterocycles. The zero-order valence-electron chi connectivity index (χ0n) is 23.3. The van der Waals surface area contributed by atoms with E-state index < -0.39 is 17.9 Å². The van der Waals surface area contributed by atoms with Gasteiger partial charge in [-0.1, -0.05) is 0 Å². The van der Waals surface area contributed by atoms with Crippen molar-refractivity contribution in [2.45, 2.75) is 45.8 Å². The van der Waals surface area contributed by atoms with Gasteiger partial charge in [-0.25, -0.2) is 4.98 Å². The number of imidazole rings is 1. The van der Waals surface area contributed by atoms with Gasteiger partial charge in [0, 0.05) is 43.5 Å². The predicted octanol–water partition coefficient (Wildman–Crippen LogP) is 4.16. The number of aromatic nitrogens is 2. The molecule has 1 N–H and O–H groups in total. The molecular formula is C29H34F2N4O6. The molecule has 1 saturated heterocycles. The highest BCUT2D eigenvalue weighted by molar-refractivity contribution is 6.01. The van der Waals surface area contributed by atoms with Gasteiger partial charge in [0.15, 0.2) is 0 Å². The highest BCUT2D eigenvalue weighted by atomic mass is 19.3. The monoisotopic (exact) mass is 572 g/mol. The van der Waals surface area contributed by atoms with Crippen molar-refractivity contribution in [2.24, 2.45) is 5.41 Å². The molecule has 2 aromatic heterocycles. The maximum Gasteiger partial charge on any atom is 0.387 e. The molecule has 0 spiro atoms. The first-order valence-corrected chi connectivity index (χ1v) is 13.7. The minimum Gasteiger partial charge on any atom is -0.496 e. The van der Waals surface area contributed by atoms with Gasteiger partial charge < -0.3 is 29.2 Å². The summed E-state index contributed by atoms with van der Waals surface area (Å²) in [4.78, 5) is 31.5. The van der Waals surface area contributed by atoms with E-state index in [0.717, 1.165) is 25.8 Å². The van der Waals surface area contributed by atoms with Crippen molar-refractivity contribution in [3.8, 4) is 28.5 Å². The van der Waals surface area contributed by atoms with Crippen LogP contribution in [0.25, 0.3) is 16.9 Å². The number of nitrogens with zero attached hydrogens (tertiary/aromatic N) is 3. The second-order valence-corrected chi connectivity index (χ2v) is 10.6. The SMILES string of the molecule is CCOC(=O)C1(C)CN(CCCOc2ccn3c(-c4cc(OC)c(C(=O)NC5CC5)c(OC(F)F)c4)cnc3c2)C1. The summed E-state index contributed by atoms with van der Waals surface area (Å²) in [7, 11) is 1.37. The van der Waals surface area contributed by atoms with E-state index in [4.69, 9.17) is 18.9 Å². The fourth-order valence-electron chi connectivity index (χ4n) is 5.07. The molecule has 0 unspecified atom stereocenters. The molecule has 2 aliphatic rings. The van der Waals surface area contributed by atoms with E-state index in [2.05, 4.69) is 15.2 Å². The van der Waals surface area contributed by atoms with Crippen molar-refractivity contribution in [3.63, 3.8) is 0 Å². The van der Waals surface area contributed by atoms with E-state index in [0.29, 0.717) is 49.0 Å². The zero-order valence-corrected chi connectivity index (χ0v) is 23.3. The highest BCUT2D eigenvalue weighted by Gasteiger charge is 2.45. The maximum atomic E-state index is 13.3. The van der Waals surface area contributed by atoms with E-state index >= 15 is 0 Å². The second-order valence-electron chi connectivity index (χ2n) is 10.6. The van der Waals surface area contributed by atoms with Crippen LogP contribution in [0.1, 0.15) is 43.5 Å². The van der Waals surface area contributed by atoms with Crippen LogP contribution in [0.15, 0.2) is 36.7 Å². The lowest BCUT2D eigenvalue weighted by molar-refractivity contribution is -0.165. The van der Waals surface area contributed by atoms with Crippen molar-refractivity contribution in [1.82, 2.24) is 19.6 Å². The molecule has 0 atom stereocenters. The summed E-state index contributed by atoms with van der Waals surface area (Å²) in [6.07, 6.45) is 5.87. The zero-order chi connectivity index (χ0) is 29.1. The smallest absolute Gasteiger partial charge is 0.387 e. The Morgan fingerprint density at radius 1 is 1.20 bits per heavy atom. The van der Waals surface area contributed by atoms with Crippen LogP contribution in [0.2, 0.25) is 0 Å². The molecule has 1 aromatic carbocycles. The standard InChI is InChI=1S/C29H34F2N4O6/c1-4-39-27(37)29(2)16-34(17-29)9-5-11-40-20-8-10-35-21(15-32-24(35)14-20)18-12-22(38-3)25(23(13-18)41-28(30)31)26(36)33-19-6-7-19/h8,10,12-15,19,28H,4-7,9,11,16-17H2,1-3H3,(H,33,36). The summed E-state index contributed by atoms with van der Waals surface area (Å²) in [5, 5.41) is 2.80. The molecule has 10 nitrogen and oxygen atoms in total. The number of halogens is 2. The Balaban J connectivity index is 1.25. The van der Waals surface area contributed by atoms with Gasteiger partial charge in [-0.05, 0) is 51.3 Å². The molecule has 1 amide bonds. The van der Waals surface area contributed by atoms with E-state index in [1.54, 1.807) is 35.0 Å². The van der Waals surface area contributed by atoms with Gasteiger partial charge in [-0.15, -0.1) is 0 Å². The van der Waals surface area contributed by atoms with Crippen LogP contribution in [0.5, 0.6) is 17.2 Å². The lowest BCUT2D eigenvalue weighted by Crippen LogP contribution is -2.59. The number of benzene rings is 1. The molecule has 3 aromatic rings. The third kappa shape index (κ3) is 6.37. The Labute approximate surface area is 236 Å². The molecule has 0 radical (unpaired) electrons. The third-order valence-corrected chi connectivity index (χ3v) is 7.22. The third-order valence-electron chi connectivity index (χ3n) is 7.22. The summed E-state index contributed by atoms with van der Waals surface area (Å²) >= 11 is 0. The Morgan fingerprint density at radius 2 is 1.95 bits per heavy atom. The van der Waals surface area contributed by atoms with Crippen molar-refractivity contribution in [1.29, 1.82) is 0 Å². The van der Waals surface area contributed by atoms with Gasteiger partial charge >= 0.3 is 12.6 Å². The first-order valence-electron chi connectivity index (χ1n) is 13.7. The first kappa shape index (κ1) is 28.6. The molecule has 41 heavy (non-hydrogen) atoms. The molecule has 12 heteroatoms. The second kappa shape index (κ2) is 11.9. The number of ether oxygens (including phenoxy) is 4. The van der Waals surface area contributed by atoms with Crippen LogP contribution in [0.3, 0.4) is 0 Å². The number of rotatable bonds is 13. The molecule has 0 bridgehead atoms. The van der Waals surface area contributed by atoms with Gasteiger partial charge in [0.05, 0.1) is 37.6 Å². The van der Waals surface area contributed by atoms with Crippen LogP contribution >= 0.6 is 0 Å². The van der Waals surface area contributed by atoms with Crippen molar-refractivity contribution in [2.75, 3.05) is 40.0 Å². The van der Waals surface area contributed by atoms with Crippen LogP contribution in [-0.2, 0) is 9.53 Å². The minimum absolute atomic E-state index is 0.0318. The number of alkyl halides is 2. The molecule has 1 aliphatic carbocycles. The Morgan fingerprint density at radius 3 is 2.63 bits per heavy atom. The number of carbonyl (C=O) groups excluding carboxylic acids is 2. The van der Waals surface area contributed by atoms with Crippen LogP contribution < -0.4 is 19.5 Å². The number of hydrogen-bond donors (Lipinski definition) is 1. The molecule has 220 valence electrons. The number of hydrogen-bond acceptors (Lipinski definition) is 8. The fraction of sp³-hybridized carbons (Fsp3) is 0.483. The highest BCUT2D eigenvalue weighted by Crippen LogP contribution is 2.37. The molecule has 2 fully saturated rings. The summed E-state index contributed by atoms with van der Waals surface area (Å²) in [6.45, 7) is 3.66. The Bertz CT molecular complexity index is 1420.